The Bertz CT molecular complexity index is 617. The van der Waals surface area contributed by atoms with Gasteiger partial charge in [0.1, 0.15) is 11.6 Å². The number of hydrogen-bond acceptors (Lipinski definition) is 4. The number of nitrogens with one attached hydrogen (secondary N) is 1. The maximum atomic E-state index is 5.39. The largest absolute Gasteiger partial charge is 0.496 e. The van der Waals surface area contributed by atoms with Crippen LogP contribution in [0.25, 0.3) is 0 Å². The highest BCUT2D eigenvalue weighted by atomic mass is 16.5. The molecule has 0 saturated carbocycles. The van der Waals surface area contributed by atoms with Gasteiger partial charge in [-0.1, -0.05) is 18.2 Å². The second-order valence-electron chi connectivity index (χ2n) is 6.47. The lowest BCUT2D eigenvalue weighted by molar-refractivity contribution is 0.212. The summed E-state index contributed by atoms with van der Waals surface area (Å²) in [5.74, 6) is 3.57. The van der Waals surface area contributed by atoms with Crippen molar-refractivity contribution in [2.75, 3.05) is 27.2 Å². The van der Waals surface area contributed by atoms with Gasteiger partial charge in [-0.15, -0.1) is 0 Å². The fourth-order valence-electron chi connectivity index (χ4n) is 3.24. The van der Waals surface area contributed by atoms with Crippen LogP contribution in [0, 0.1) is 5.92 Å². The van der Waals surface area contributed by atoms with E-state index in [1.165, 1.54) is 32.4 Å². The topological polar surface area (TPSA) is 54.0 Å². The van der Waals surface area contributed by atoms with E-state index in [0.717, 1.165) is 41.7 Å². The molecule has 0 spiro atoms. The maximum absolute atomic E-state index is 5.39. The molecule has 1 saturated heterocycles. The van der Waals surface area contributed by atoms with Crippen molar-refractivity contribution in [3.8, 4) is 5.75 Å². The number of piperidine rings is 1. The fourth-order valence-corrected chi connectivity index (χ4v) is 3.24. The molecular formula is C18H26N4O. The van der Waals surface area contributed by atoms with Gasteiger partial charge in [0, 0.05) is 18.4 Å². The van der Waals surface area contributed by atoms with Gasteiger partial charge in [-0.2, -0.15) is 5.10 Å². The van der Waals surface area contributed by atoms with Gasteiger partial charge in [-0.3, -0.25) is 5.10 Å². The van der Waals surface area contributed by atoms with Crippen LogP contribution in [-0.2, 0) is 12.8 Å². The molecule has 5 nitrogen and oxygen atoms in total. The number of benzene rings is 1. The third kappa shape index (κ3) is 4.32. The zero-order chi connectivity index (χ0) is 16.1. The third-order valence-electron chi connectivity index (χ3n) is 4.74. The molecule has 0 atom stereocenters. The van der Waals surface area contributed by atoms with Gasteiger partial charge < -0.3 is 9.64 Å². The first-order valence-corrected chi connectivity index (χ1v) is 8.45. The molecule has 124 valence electrons. The predicted octanol–water partition coefficient (Wildman–Crippen LogP) is 2.68. The van der Waals surface area contributed by atoms with Gasteiger partial charge in [-0.25, -0.2) is 4.98 Å². The molecule has 0 unspecified atom stereocenters. The van der Waals surface area contributed by atoms with Crippen LogP contribution in [-0.4, -0.2) is 47.3 Å². The van der Waals surface area contributed by atoms with Crippen molar-refractivity contribution in [1.29, 1.82) is 0 Å². The molecule has 3 rings (SSSR count). The Morgan fingerprint density at radius 1 is 1.26 bits per heavy atom. The predicted molar refractivity (Wildman–Crippen MR) is 90.7 cm³/mol. The first kappa shape index (κ1) is 16.0. The van der Waals surface area contributed by atoms with Crippen LogP contribution in [0.15, 0.2) is 24.3 Å². The number of rotatable bonds is 6. The Labute approximate surface area is 138 Å². The highest BCUT2D eigenvalue weighted by molar-refractivity contribution is 5.35. The van der Waals surface area contributed by atoms with Gasteiger partial charge in [0.2, 0.25) is 0 Å². The van der Waals surface area contributed by atoms with E-state index < -0.39 is 0 Å². The van der Waals surface area contributed by atoms with E-state index in [9.17, 15) is 0 Å². The Kier molecular flexibility index (Phi) is 5.28. The van der Waals surface area contributed by atoms with E-state index in [0.29, 0.717) is 0 Å². The van der Waals surface area contributed by atoms with E-state index in [1.807, 2.05) is 18.2 Å². The number of H-pyrrole nitrogens is 1. The van der Waals surface area contributed by atoms with Crippen LogP contribution in [0.2, 0.25) is 0 Å². The van der Waals surface area contributed by atoms with Crippen molar-refractivity contribution in [3.05, 3.63) is 41.5 Å². The van der Waals surface area contributed by atoms with E-state index in [1.54, 1.807) is 7.11 Å². The van der Waals surface area contributed by atoms with Gasteiger partial charge in [-0.05, 0) is 51.4 Å². The van der Waals surface area contributed by atoms with E-state index in [4.69, 9.17) is 4.74 Å². The minimum atomic E-state index is 0.727. The van der Waals surface area contributed by atoms with Crippen LogP contribution in [0.1, 0.15) is 36.5 Å². The molecule has 5 heteroatoms. The third-order valence-corrected chi connectivity index (χ3v) is 4.74. The number of methoxy groups -OCH3 is 1. The zero-order valence-corrected chi connectivity index (χ0v) is 14.1. The summed E-state index contributed by atoms with van der Waals surface area (Å²) < 4.78 is 5.39. The summed E-state index contributed by atoms with van der Waals surface area (Å²) in [5.41, 5.74) is 1.13. The quantitative estimate of drug-likeness (QED) is 0.890. The minimum absolute atomic E-state index is 0.727. The average Bonchev–Trinajstić information content (AvgIpc) is 3.02. The lowest BCUT2D eigenvalue weighted by Gasteiger charge is -2.28. The van der Waals surface area contributed by atoms with E-state index in [2.05, 4.69) is 33.2 Å². The van der Waals surface area contributed by atoms with Crippen LogP contribution in [0.3, 0.4) is 0 Å². The number of para-hydroxylation sites is 1. The summed E-state index contributed by atoms with van der Waals surface area (Å²) in [4.78, 5) is 7.06. The van der Waals surface area contributed by atoms with Gasteiger partial charge in [0.25, 0.3) is 0 Å². The van der Waals surface area contributed by atoms with E-state index >= 15 is 0 Å². The van der Waals surface area contributed by atoms with Crippen molar-refractivity contribution in [2.24, 2.45) is 5.92 Å². The van der Waals surface area contributed by atoms with Crippen LogP contribution < -0.4 is 4.74 Å². The maximum Gasteiger partial charge on any atom is 0.150 e. The number of aromatic amines is 1. The summed E-state index contributed by atoms with van der Waals surface area (Å²) >= 11 is 0. The Balaban J connectivity index is 1.54. The number of hydrogen-bond donors (Lipinski definition) is 1. The normalized spacial score (nSPS) is 16.6. The monoisotopic (exact) mass is 314 g/mol. The first-order valence-electron chi connectivity index (χ1n) is 8.45. The molecule has 1 aliphatic rings. The number of nitrogens with zero attached hydrogens (tertiary/aromatic N) is 3. The Morgan fingerprint density at radius 2 is 2.04 bits per heavy atom. The molecule has 0 amide bonds. The number of ether oxygens (including phenoxy) is 1. The molecule has 0 aliphatic carbocycles. The number of aromatic nitrogens is 3. The average molecular weight is 314 g/mol. The highest BCUT2D eigenvalue weighted by Crippen LogP contribution is 2.22. The fraction of sp³-hybridized carbons (Fsp3) is 0.556. The first-order chi connectivity index (χ1) is 11.2. The molecule has 1 aromatic heterocycles. The van der Waals surface area contributed by atoms with Gasteiger partial charge >= 0.3 is 0 Å². The molecule has 23 heavy (non-hydrogen) atoms. The zero-order valence-electron chi connectivity index (χ0n) is 14.1. The molecule has 2 aromatic rings. The van der Waals surface area contributed by atoms with Crippen molar-refractivity contribution in [1.82, 2.24) is 20.1 Å². The smallest absolute Gasteiger partial charge is 0.150 e. The molecular weight excluding hydrogens is 288 g/mol. The van der Waals surface area contributed by atoms with Crippen molar-refractivity contribution in [2.45, 2.75) is 32.1 Å². The Morgan fingerprint density at radius 3 is 2.83 bits per heavy atom. The number of aryl methyl sites for hydroxylation is 1. The van der Waals surface area contributed by atoms with Crippen molar-refractivity contribution < 1.29 is 4.74 Å². The van der Waals surface area contributed by atoms with Gasteiger partial charge in [0.05, 0.1) is 7.11 Å². The van der Waals surface area contributed by atoms with Crippen LogP contribution >= 0.6 is 0 Å². The summed E-state index contributed by atoms with van der Waals surface area (Å²) in [6.45, 7) is 2.44. The standard InChI is InChI=1S/C18H26N4O/c1-22-11-9-14(10-12-22)7-8-17-19-18(21-20-17)13-15-5-3-4-6-16(15)23-2/h3-6,14H,7-13H2,1-2H3,(H,19,20,21). The summed E-state index contributed by atoms with van der Waals surface area (Å²) in [7, 11) is 3.90. The molecule has 2 heterocycles. The molecule has 1 aliphatic heterocycles. The molecule has 0 bridgehead atoms. The molecule has 1 fully saturated rings. The second-order valence-corrected chi connectivity index (χ2v) is 6.47. The van der Waals surface area contributed by atoms with Crippen molar-refractivity contribution in [3.63, 3.8) is 0 Å². The van der Waals surface area contributed by atoms with Crippen LogP contribution in [0.5, 0.6) is 5.75 Å². The van der Waals surface area contributed by atoms with Gasteiger partial charge in [0.15, 0.2) is 5.82 Å². The minimum Gasteiger partial charge on any atom is -0.496 e. The van der Waals surface area contributed by atoms with Crippen molar-refractivity contribution >= 4 is 0 Å². The SMILES string of the molecule is COc1ccccc1Cc1nc(CCC2CCN(C)CC2)n[nH]1. The second kappa shape index (κ2) is 7.59. The molecule has 1 N–H and O–H groups in total. The lowest BCUT2D eigenvalue weighted by Crippen LogP contribution is -2.30. The highest BCUT2D eigenvalue weighted by Gasteiger charge is 2.17. The summed E-state index contributed by atoms with van der Waals surface area (Å²) in [6, 6.07) is 8.05. The summed E-state index contributed by atoms with van der Waals surface area (Å²) in [6.07, 6.45) is 5.49. The summed E-state index contributed by atoms with van der Waals surface area (Å²) in [5, 5.41) is 7.46. The van der Waals surface area contributed by atoms with E-state index in [-0.39, 0.29) is 0 Å². The number of likely N-dealkylation sites (tertiary alicyclic amines) is 1. The molecule has 1 aromatic carbocycles. The molecule has 0 radical (unpaired) electrons. The van der Waals surface area contributed by atoms with Crippen LogP contribution in [0.4, 0.5) is 0 Å². The lowest BCUT2D eigenvalue weighted by atomic mass is 9.92. The Hall–Kier alpha value is -1.88.